The Morgan fingerprint density at radius 1 is 1.34 bits per heavy atom. The number of halogens is 1. The van der Waals surface area contributed by atoms with Crippen molar-refractivity contribution >= 4 is 41.0 Å². The molecule has 2 fully saturated rings. The maximum Gasteiger partial charge on any atom is 0.310 e. The number of nitrogens with two attached hydrogens (primary N) is 1. The summed E-state index contributed by atoms with van der Waals surface area (Å²) in [6, 6.07) is 1.79. The first-order valence-corrected chi connectivity index (χ1v) is 12.1. The number of benzene rings is 1. The number of esters is 1. The topological polar surface area (TPSA) is 140 Å². The standard InChI is InChI=1S/C24H33ClN4O6/c1-5-34-23-17(12-18(30)35-23)29(21(32)16-7-6-10-27-16)22(33)19(24(2,3)4)28-20(31)13-8-9-15(26)14(25)11-13/h8-9,11,16-17,19,23,27H,5-7,10,12,26H2,1-4H3,(H,28,31)/t16-,17-,19+,23+/m0/s1. The van der Waals surface area contributed by atoms with Crippen LogP contribution in [0.3, 0.4) is 0 Å². The number of amides is 3. The summed E-state index contributed by atoms with van der Waals surface area (Å²) >= 11 is 6.07. The highest BCUT2D eigenvalue weighted by molar-refractivity contribution is 6.33. The first-order valence-electron chi connectivity index (χ1n) is 11.7. The molecule has 4 N–H and O–H groups in total. The van der Waals surface area contributed by atoms with Crippen LogP contribution in [0.1, 0.15) is 57.3 Å². The number of nitrogen functional groups attached to an aromatic ring is 1. The quantitative estimate of drug-likeness (QED) is 0.374. The molecule has 2 aliphatic heterocycles. The van der Waals surface area contributed by atoms with Gasteiger partial charge in [0.25, 0.3) is 11.8 Å². The molecule has 0 aromatic heterocycles. The molecular weight excluding hydrogens is 476 g/mol. The van der Waals surface area contributed by atoms with Gasteiger partial charge in [-0.25, -0.2) is 0 Å². The number of anilines is 1. The lowest BCUT2D eigenvalue weighted by molar-refractivity contribution is -0.176. The summed E-state index contributed by atoms with van der Waals surface area (Å²) in [6.07, 6.45) is 0.0757. The molecule has 1 aromatic carbocycles. The molecule has 3 amide bonds. The second-order valence-corrected chi connectivity index (χ2v) is 10.2. The van der Waals surface area contributed by atoms with E-state index in [1.54, 1.807) is 27.7 Å². The number of nitrogens with one attached hydrogen (secondary N) is 2. The Balaban J connectivity index is 1.96. The summed E-state index contributed by atoms with van der Waals surface area (Å²) in [6.45, 7) is 7.93. The van der Waals surface area contributed by atoms with Gasteiger partial charge in [0, 0.05) is 12.2 Å². The molecular formula is C24H33ClN4O6. The molecule has 4 atom stereocenters. The Morgan fingerprint density at radius 2 is 2.06 bits per heavy atom. The zero-order valence-corrected chi connectivity index (χ0v) is 21.2. The number of imide groups is 1. The monoisotopic (exact) mass is 508 g/mol. The predicted molar refractivity (Wildman–Crippen MR) is 129 cm³/mol. The van der Waals surface area contributed by atoms with Gasteiger partial charge in [-0.1, -0.05) is 32.4 Å². The highest BCUT2D eigenvalue weighted by Gasteiger charge is 2.49. The lowest BCUT2D eigenvalue weighted by Crippen LogP contribution is -2.62. The first kappa shape index (κ1) is 26.9. The lowest BCUT2D eigenvalue weighted by atomic mass is 9.85. The number of cyclic esters (lactones) is 1. The van der Waals surface area contributed by atoms with Gasteiger partial charge in [0.1, 0.15) is 12.1 Å². The summed E-state index contributed by atoms with van der Waals surface area (Å²) in [4.78, 5) is 53.9. The van der Waals surface area contributed by atoms with Crippen LogP contribution in [0.25, 0.3) is 0 Å². The molecule has 0 spiro atoms. The van der Waals surface area contributed by atoms with E-state index in [4.69, 9.17) is 26.8 Å². The number of carbonyl (C=O) groups excluding carboxylic acids is 4. The average molecular weight is 509 g/mol. The highest BCUT2D eigenvalue weighted by atomic mass is 35.5. The second-order valence-electron chi connectivity index (χ2n) is 9.79. The zero-order valence-electron chi connectivity index (χ0n) is 20.4. The van der Waals surface area contributed by atoms with Crippen molar-refractivity contribution < 1.29 is 28.7 Å². The lowest BCUT2D eigenvalue weighted by Gasteiger charge is -2.38. The molecule has 2 heterocycles. The molecule has 0 saturated carbocycles. The normalized spacial score (nSPS) is 23.0. The van der Waals surface area contributed by atoms with E-state index in [2.05, 4.69) is 10.6 Å². The van der Waals surface area contributed by atoms with Gasteiger partial charge in [0.15, 0.2) is 0 Å². The molecule has 0 radical (unpaired) electrons. The van der Waals surface area contributed by atoms with Crippen molar-refractivity contribution in [2.45, 2.75) is 71.4 Å². The van der Waals surface area contributed by atoms with E-state index in [9.17, 15) is 19.2 Å². The predicted octanol–water partition coefficient (Wildman–Crippen LogP) is 1.85. The minimum atomic E-state index is -1.10. The third kappa shape index (κ3) is 6.12. The van der Waals surface area contributed by atoms with Gasteiger partial charge >= 0.3 is 5.97 Å². The fraction of sp³-hybridized carbons (Fsp3) is 0.583. The zero-order chi connectivity index (χ0) is 25.9. The largest absolute Gasteiger partial charge is 0.433 e. The van der Waals surface area contributed by atoms with Crippen LogP contribution in [0, 0.1) is 5.41 Å². The Hall–Kier alpha value is -2.69. The van der Waals surface area contributed by atoms with Gasteiger partial charge in [-0.05, 0) is 49.9 Å². The van der Waals surface area contributed by atoms with Gasteiger partial charge in [-0.2, -0.15) is 0 Å². The maximum atomic E-state index is 14.0. The summed E-state index contributed by atoms with van der Waals surface area (Å²) in [5.74, 6) is -2.23. The summed E-state index contributed by atoms with van der Waals surface area (Å²) in [5, 5.41) is 6.07. The van der Waals surface area contributed by atoms with Crippen molar-refractivity contribution in [2.24, 2.45) is 5.41 Å². The van der Waals surface area contributed by atoms with Crippen LogP contribution < -0.4 is 16.4 Å². The van der Waals surface area contributed by atoms with Crippen LogP contribution in [-0.4, -0.2) is 66.2 Å². The van der Waals surface area contributed by atoms with Crippen LogP contribution in [0.2, 0.25) is 5.02 Å². The van der Waals surface area contributed by atoms with E-state index in [0.717, 1.165) is 11.3 Å². The molecule has 0 bridgehead atoms. The van der Waals surface area contributed by atoms with Gasteiger partial charge in [0.05, 0.1) is 23.2 Å². The summed E-state index contributed by atoms with van der Waals surface area (Å²) < 4.78 is 10.8. The Kier molecular flexibility index (Phi) is 8.40. The van der Waals surface area contributed by atoms with Crippen molar-refractivity contribution in [3.63, 3.8) is 0 Å². The second kappa shape index (κ2) is 10.9. The fourth-order valence-corrected chi connectivity index (χ4v) is 4.40. The SMILES string of the molecule is CCO[C@@H]1OC(=O)C[C@@H]1N(C(=O)[C@@H]1CCCN1)C(=O)[C@@H](NC(=O)c1ccc(N)c(Cl)c1)C(C)(C)C. The van der Waals surface area contributed by atoms with Crippen LogP contribution in [0.5, 0.6) is 0 Å². The number of rotatable bonds is 7. The third-order valence-corrected chi connectivity index (χ3v) is 6.41. The maximum absolute atomic E-state index is 14.0. The molecule has 1 aromatic rings. The molecule has 0 aliphatic carbocycles. The Bertz CT molecular complexity index is 989. The summed E-state index contributed by atoms with van der Waals surface area (Å²) in [5.41, 5.74) is 5.49. The minimum Gasteiger partial charge on any atom is -0.433 e. The van der Waals surface area contributed by atoms with Crippen molar-refractivity contribution in [1.29, 1.82) is 0 Å². The molecule has 192 valence electrons. The smallest absolute Gasteiger partial charge is 0.310 e. The number of ether oxygens (including phenoxy) is 2. The van der Waals surface area contributed by atoms with E-state index >= 15 is 0 Å². The minimum absolute atomic E-state index is 0.187. The van der Waals surface area contributed by atoms with Crippen molar-refractivity contribution in [1.82, 2.24) is 15.5 Å². The fourth-order valence-electron chi connectivity index (χ4n) is 4.21. The van der Waals surface area contributed by atoms with E-state index in [1.165, 1.54) is 18.2 Å². The van der Waals surface area contributed by atoms with Gasteiger partial charge < -0.3 is 25.8 Å². The van der Waals surface area contributed by atoms with Crippen molar-refractivity contribution in [3.05, 3.63) is 28.8 Å². The third-order valence-electron chi connectivity index (χ3n) is 6.08. The van der Waals surface area contributed by atoms with E-state index in [-0.39, 0.29) is 23.6 Å². The molecule has 0 unspecified atom stereocenters. The van der Waals surface area contributed by atoms with Crippen LogP contribution >= 0.6 is 11.6 Å². The molecule has 2 saturated heterocycles. The molecule has 2 aliphatic rings. The number of nitrogens with zero attached hydrogens (tertiary/aromatic N) is 1. The number of hydrogen-bond donors (Lipinski definition) is 3. The van der Waals surface area contributed by atoms with Gasteiger partial charge in [-0.15, -0.1) is 0 Å². The van der Waals surface area contributed by atoms with Gasteiger partial charge in [-0.3, -0.25) is 24.1 Å². The van der Waals surface area contributed by atoms with Crippen LogP contribution in [0.15, 0.2) is 18.2 Å². The van der Waals surface area contributed by atoms with Crippen molar-refractivity contribution in [3.8, 4) is 0 Å². The van der Waals surface area contributed by atoms with Crippen LogP contribution in [0.4, 0.5) is 5.69 Å². The van der Waals surface area contributed by atoms with Gasteiger partial charge in [0.2, 0.25) is 12.2 Å². The van der Waals surface area contributed by atoms with E-state index in [1.807, 2.05) is 0 Å². The Labute approximate surface area is 209 Å². The summed E-state index contributed by atoms with van der Waals surface area (Å²) in [7, 11) is 0. The first-order chi connectivity index (χ1) is 16.4. The molecule has 11 heteroatoms. The van der Waals surface area contributed by atoms with E-state index < -0.39 is 53.5 Å². The Morgan fingerprint density at radius 3 is 2.63 bits per heavy atom. The van der Waals surface area contributed by atoms with Crippen LogP contribution in [-0.2, 0) is 23.9 Å². The average Bonchev–Trinajstić information content (AvgIpc) is 3.43. The molecule has 10 nitrogen and oxygen atoms in total. The molecule has 35 heavy (non-hydrogen) atoms. The van der Waals surface area contributed by atoms with Crippen molar-refractivity contribution in [2.75, 3.05) is 18.9 Å². The number of hydrogen-bond acceptors (Lipinski definition) is 8. The molecule has 3 rings (SSSR count). The highest BCUT2D eigenvalue weighted by Crippen LogP contribution is 2.29. The number of carbonyl (C=O) groups is 4. The van der Waals surface area contributed by atoms with E-state index in [0.29, 0.717) is 18.7 Å².